The maximum atomic E-state index is 5.64. The molecule has 0 spiro atoms. The molecular weight excluding hydrogens is 286 g/mol. The van der Waals surface area contributed by atoms with E-state index < -0.39 is 0 Å². The summed E-state index contributed by atoms with van der Waals surface area (Å²) in [5.41, 5.74) is 3.77. The van der Waals surface area contributed by atoms with Crippen LogP contribution in [0, 0.1) is 6.92 Å². The molecule has 120 valence electrons. The van der Waals surface area contributed by atoms with Crippen molar-refractivity contribution in [2.75, 3.05) is 26.8 Å². The Labute approximate surface area is 138 Å². The van der Waals surface area contributed by atoms with E-state index in [1.54, 1.807) is 0 Å². The summed E-state index contributed by atoms with van der Waals surface area (Å²) in [5, 5.41) is 0. The monoisotopic (exact) mass is 309 g/mol. The molecule has 1 heterocycles. The van der Waals surface area contributed by atoms with Crippen LogP contribution in [0.25, 0.3) is 6.08 Å². The molecule has 0 saturated carbocycles. The fraction of sp³-hybridized carbons (Fsp3) is 0.300. The van der Waals surface area contributed by atoms with E-state index in [0.717, 1.165) is 24.6 Å². The van der Waals surface area contributed by atoms with E-state index in [9.17, 15) is 0 Å². The molecule has 23 heavy (non-hydrogen) atoms. The van der Waals surface area contributed by atoms with Gasteiger partial charge in [0, 0.05) is 13.1 Å². The van der Waals surface area contributed by atoms with Crippen molar-refractivity contribution in [3.05, 3.63) is 65.2 Å². The Kier molecular flexibility index (Phi) is 4.99. The summed E-state index contributed by atoms with van der Waals surface area (Å²) in [7, 11) is 2.12. The highest BCUT2D eigenvalue weighted by molar-refractivity contribution is 5.50. The van der Waals surface area contributed by atoms with Gasteiger partial charge in [0.05, 0.1) is 0 Å². The third-order valence-corrected chi connectivity index (χ3v) is 3.83. The van der Waals surface area contributed by atoms with E-state index in [0.29, 0.717) is 13.2 Å². The van der Waals surface area contributed by atoms with Crippen LogP contribution in [0.4, 0.5) is 0 Å². The Morgan fingerprint density at radius 2 is 1.87 bits per heavy atom. The summed E-state index contributed by atoms with van der Waals surface area (Å²) in [6.45, 7) is 5.17. The smallest absolute Gasteiger partial charge is 0.161 e. The largest absolute Gasteiger partial charge is 0.486 e. The molecule has 0 atom stereocenters. The Morgan fingerprint density at radius 3 is 2.70 bits per heavy atom. The van der Waals surface area contributed by atoms with Gasteiger partial charge in [0.1, 0.15) is 13.2 Å². The van der Waals surface area contributed by atoms with Gasteiger partial charge in [0.15, 0.2) is 11.5 Å². The lowest BCUT2D eigenvalue weighted by molar-refractivity contribution is 0.171. The van der Waals surface area contributed by atoms with Crippen molar-refractivity contribution >= 4 is 6.08 Å². The van der Waals surface area contributed by atoms with Gasteiger partial charge in [-0.1, -0.05) is 48.0 Å². The molecule has 3 nitrogen and oxygen atoms in total. The Bertz CT molecular complexity index is 694. The number of hydrogen-bond donors (Lipinski definition) is 0. The Morgan fingerprint density at radius 1 is 1.04 bits per heavy atom. The quantitative estimate of drug-likeness (QED) is 0.836. The highest BCUT2D eigenvalue weighted by Gasteiger charge is 2.12. The number of benzene rings is 2. The first kappa shape index (κ1) is 15.6. The summed E-state index contributed by atoms with van der Waals surface area (Å²) in [5.74, 6) is 1.71. The number of fused-ring (bicyclic) bond motifs is 1. The molecule has 0 unspecified atom stereocenters. The maximum Gasteiger partial charge on any atom is 0.161 e. The minimum Gasteiger partial charge on any atom is -0.486 e. The first-order chi connectivity index (χ1) is 11.2. The van der Waals surface area contributed by atoms with E-state index in [2.05, 4.69) is 67.4 Å². The van der Waals surface area contributed by atoms with Crippen molar-refractivity contribution in [3.63, 3.8) is 0 Å². The Balaban J connectivity index is 1.56. The highest BCUT2D eigenvalue weighted by atomic mass is 16.6. The lowest BCUT2D eigenvalue weighted by atomic mass is 10.1. The molecule has 1 aliphatic heterocycles. The van der Waals surface area contributed by atoms with Crippen LogP contribution in [-0.2, 0) is 6.54 Å². The van der Waals surface area contributed by atoms with Gasteiger partial charge in [0.2, 0.25) is 0 Å². The number of nitrogens with zero attached hydrogens (tertiary/aromatic N) is 1. The average molecular weight is 309 g/mol. The lowest BCUT2D eigenvalue weighted by Gasteiger charge is -2.20. The van der Waals surface area contributed by atoms with Crippen LogP contribution in [0.2, 0.25) is 0 Å². The molecular formula is C20H23NO2. The fourth-order valence-electron chi connectivity index (χ4n) is 2.70. The molecule has 3 heteroatoms. The summed E-state index contributed by atoms with van der Waals surface area (Å²) < 4.78 is 11.2. The summed E-state index contributed by atoms with van der Waals surface area (Å²) in [6, 6.07) is 14.7. The van der Waals surface area contributed by atoms with Crippen LogP contribution in [0.5, 0.6) is 11.5 Å². The molecule has 2 aromatic carbocycles. The van der Waals surface area contributed by atoms with Crippen molar-refractivity contribution in [1.82, 2.24) is 4.90 Å². The molecule has 0 bridgehead atoms. The van der Waals surface area contributed by atoms with Crippen LogP contribution in [0.1, 0.15) is 16.7 Å². The molecule has 1 aliphatic rings. The molecule has 3 rings (SSSR count). The van der Waals surface area contributed by atoms with Crippen molar-refractivity contribution in [2.45, 2.75) is 13.5 Å². The van der Waals surface area contributed by atoms with Crippen molar-refractivity contribution in [2.24, 2.45) is 0 Å². The van der Waals surface area contributed by atoms with Gasteiger partial charge < -0.3 is 9.47 Å². The molecule has 0 saturated heterocycles. The van der Waals surface area contributed by atoms with Crippen LogP contribution in [0.3, 0.4) is 0 Å². The fourth-order valence-corrected chi connectivity index (χ4v) is 2.70. The minimum absolute atomic E-state index is 0.630. The number of hydrogen-bond acceptors (Lipinski definition) is 3. The number of aryl methyl sites for hydroxylation is 1. The van der Waals surface area contributed by atoms with Gasteiger partial charge in [-0.2, -0.15) is 0 Å². The van der Waals surface area contributed by atoms with E-state index in [1.165, 1.54) is 16.7 Å². The van der Waals surface area contributed by atoms with Gasteiger partial charge in [-0.3, -0.25) is 4.90 Å². The number of ether oxygens (including phenoxy) is 2. The zero-order chi connectivity index (χ0) is 16.1. The van der Waals surface area contributed by atoms with Gasteiger partial charge >= 0.3 is 0 Å². The molecule has 0 aliphatic carbocycles. The van der Waals surface area contributed by atoms with E-state index in [1.807, 2.05) is 6.07 Å². The van der Waals surface area contributed by atoms with Gasteiger partial charge in [-0.05, 0) is 37.2 Å². The molecule has 0 fully saturated rings. The zero-order valence-electron chi connectivity index (χ0n) is 13.8. The average Bonchev–Trinajstić information content (AvgIpc) is 2.55. The molecule has 0 radical (unpaired) electrons. The van der Waals surface area contributed by atoms with Crippen LogP contribution >= 0.6 is 0 Å². The second kappa shape index (κ2) is 7.34. The van der Waals surface area contributed by atoms with Crippen LogP contribution in [-0.4, -0.2) is 31.7 Å². The standard InChI is InChI=1S/C20H23NO2/c1-16-5-3-6-17(13-16)7-4-10-21(2)15-18-8-9-19-20(14-18)23-12-11-22-19/h3-9,13-14H,10-12,15H2,1-2H3. The second-order valence-corrected chi connectivity index (χ2v) is 5.99. The molecule has 2 aromatic rings. The zero-order valence-corrected chi connectivity index (χ0v) is 13.8. The van der Waals surface area contributed by atoms with E-state index in [4.69, 9.17) is 9.47 Å². The first-order valence-corrected chi connectivity index (χ1v) is 8.01. The Hall–Kier alpha value is -2.26. The van der Waals surface area contributed by atoms with E-state index >= 15 is 0 Å². The van der Waals surface area contributed by atoms with E-state index in [-0.39, 0.29) is 0 Å². The predicted molar refractivity (Wildman–Crippen MR) is 94.0 cm³/mol. The molecule has 0 aromatic heterocycles. The van der Waals surface area contributed by atoms with Crippen molar-refractivity contribution < 1.29 is 9.47 Å². The summed E-state index contributed by atoms with van der Waals surface area (Å²) in [6.07, 6.45) is 4.38. The maximum absolute atomic E-state index is 5.64. The molecule has 0 N–H and O–H groups in total. The summed E-state index contributed by atoms with van der Waals surface area (Å²) in [4.78, 5) is 2.28. The molecule has 0 amide bonds. The minimum atomic E-state index is 0.630. The second-order valence-electron chi connectivity index (χ2n) is 5.99. The summed E-state index contributed by atoms with van der Waals surface area (Å²) >= 11 is 0. The highest BCUT2D eigenvalue weighted by Crippen LogP contribution is 2.30. The van der Waals surface area contributed by atoms with Crippen LogP contribution < -0.4 is 9.47 Å². The van der Waals surface area contributed by atoms with Gasteiger partial charge in [-0.25, -0.2) is 0 Å². The normalized spacial score (nSPS) is 13.7. The number of rotatable bonds is 5. The lowest BCUT2D eigenvalue weighted by Crippen LogP contribution is -2.19. The predicted octanol–water partition coefficient (Wildman–Crippen LogP) is 3.91. The third kappa shape index (κ3) is 4.36. The van der Waals surface area contributed by atoms with Crippen LogP contribution in [0.15, 0.2) is 48.5 Å². The third-order valence-electron chi connectivity index (χ3n) is 3.83. The van der Waals surface area contributed by atoms with Crippen molar-refractivity contribution in [1.29, 1.82) is 0 Å². The number of likely N-dealkylation sites (N-methyl/N-ethyl adjacent to an activating group) is 1. The van der Waals surface area contributed by atoms with Crippen molar-refractivity contribution in [3.8, 4) is 11.5 Å². The topological polar surface area (TPSA) is 21.7 Å². The van der Waals surface area contributed by atoms with Gasteiger partial charge in [-0.15, -0.1) is 0 Å². The SMILES string of the molecule is Cc1cccc(C=CCN(C)Cc2ccc3c(c2)OCCO3)c1. The first-order valence-electron chi connectivity index (χ1n) is 8.01. The van der Waals surface area contributed by atoms with Gasteiger partial charge in [0.25, 0.3) is 0 Å².